The molecule has 8 heteroatoms. The van der Waals surface area contributed by atoms with Crippen molar-refractivity contribution >= 4 is 27.9 Å². The number of nitrogens with zero attached hydrogens (tertiary/aromatic N) is 2. The van der Waals surface area contributed by atoms with Crippen LogP contribution in [0.1, 0.15) is 11.5 Å². The molecule has 0 atom stereocenters. The zero-order valence-electron chi connectivity index (χ0n) is 15.3. The minimum Gasteiger partial charge on any atom is -0.493 e. The molecule has 0 unspecified atom stereocenters. The van der Waals surface area contributed by atoms with Crippen LogP contribution in [-0.4, -0.2) is 30.3 Å². The largest absolute Gasteiger partial charge is 0.493 e. The summed E-state index contributed by atoms with van der Waals surface area (Å²) in [6, 6.07) is 12.9. The van der Waals surface area contributed by atoms with Crippen LogP contribution < -0.4 is 14.8 Å². The highest BCUT2D eigenvalue weighted by Crippen LogP contribution is 2.28. The van der Waals surface area contributed by atoms with E-state index in [4.69, 9.17) is 14.0 Å². The first-order valence-corrected chi connectivity index (χ1v) is 9.15. The summed E-state index contributed by atoms with van der Waals surface area (Å²) in [5.41, 5.74) is 1.63. The molecule has 0 aliphatic rings. The van der Waals surface area contributed by atoms with Crippen molar-refractivity contribution in [3.63, 3.8) is 0 Å². The van der Waals surface area contributed by atoms with Gasteiger partial charge in [-0.1, -0.05) is 39.3 Å². The lowest BCUT2D eigenvalue weighted by molar-refractivity contribution is -0.116. The smallest absolute Gasteiger partial charge is 0.246 e. The summed E-state index contributed by atoms with van der Waals surface area (Å²) in [7, 11) is 3.13. The monoisotopic (exact) mass is 443 g/mol. The molecule has 3 rings (SSSR count). The second-order valence-corrected chi connectivity index (χ2v) is 6.60. The molecule has 2 aromatic carbocycles. The normalized spacial score (nSPS) is 10.8. The first-order valence-electron chi connectivity index (χ1n) is 8.35. The minimum absolute atomic E-state index is 0.135. The fourth-order valence-corrected chi connectivity index (χ4v) is 2.82. The van der Waals surface area contributed by atoms with Crippen LogP contribution in [0.5, 0.6) is 11.5 Å². The van der Waals surface area contributed by atoms with Crippen LogP contribution >= 0.6 is 15.9 Å². The van der Waals surface area contributed by atoms with E-state index in [1.165, 1.54) is 6.08 Å². The molecule has 0 saturated carbocycles. The Balaban J connectivity index is 1.58. The first-order chi connectivity index (χ1) is 13.6. The van der Waals surface area contributed by atoms with E-state index in [0.717, 1.165) is 15.6 Å². The summed E-state index contributed by atoms with van der Waals surface area (Å²) in [4.78, 5) is 16.3. The van der Waals surface area contributed by atoms with E-state index in [9.17, 15) is 4.79 Å². The molecule has 0 aliphatic heterocycles. The first kappa shape index (κ1) is 19.6. The Labute approximate surface area is 170 Å². The molecule has 144 valence electrons. The second kappa shape index (κ2) is 9.18. The molecule has 3 aromatic rings. The lowest BCUT2D eigenvalue weighted by Crippen LogP contribution is -2.20. The number of amides is 1. The van der Waals surface area contributed by atoms with E-state index in [2.05, 4.69) is 31.4 Å². The molecule has 1 aromatic heterocycles. The maximum atomic E-state index is 12.0. The molecule has 1 heterocycles. The molecule has 1 amide bonds. The maximum Gasteiger partial charge on any atom is 0.246 e. The number of rotatable bonds is 7. The molecule has 0 radical (unpaired) electrons. The zero-order chi connectivity index (χ0) is 19.9. The van der Waals surface area contributed by atoms with Crippen molar-refractivity contribution in [2.75, 3.05) is 14.2 Å². The summed E-state index contributed by atoms with van der Waals surface area (Å²) < 4.78 is 16.5. The lowest BCUT2D eigenvalue weighted by Gasteiger charge is -2.07. The highest BCUT2D eigenvalue weighted by atomic mass is 79.9. The summed E-state index contributed by atoms with van der Waals surface area (Å²) in [6.45, 7) is 0.135. The Kier molecular flexibility index (Phi) is 6.44. The van der Waals surface area contributed by atoms with Crippen molar-refractivity contribution in [2.45, 2.75) is 6.54 Å². The van der Waals surface area contributed by atoms with Gasteiger partial charge in [-0.15, -0.1) is 0 Å². The quantitative estimate of drug-likeness (QED) is 0.558. The standard InChI is InChI=1S/C20H18BrN3O4/c1-26-16-8-6-13(10-17(16)27-2)7-9-18(25)22-12-19-23-20(24-28-19)14-4-3-5-15(21)11-14/h3-11H,12H2,1-2H3,(H,22,25)/b9-7+. The van der Waals surface area contributed by atoms with Crippen LogP contribution in [0.4, 0.5) is 0 Å². The third-order valence-electron chi connectivity index (χ3n) is 3.80. The summed E-state index contributed by atoms with van der Waals surface area (Å²) in [5.74, 6) is 1.73. The van der Waals surface area contributed by atoms with E-state index in [1.807, 2.05) is 30.3 Å². The maximum absolute atomic E-state index is 12.0. The van der Waals surface area contributed by atoms with E-state index in [-0.39, 0.29) is 12.5 Å². The Bertz CT molecular complexity index is 1000. The van der Waals surface area contributed by atoms with E-state index >= 15 is 0 Å². The average molecular weight is 444 g/mol. The van der Waals surface area contributed by atoms with Gasteiger partial charge < -0.3 is 19.3 Å². The van der Waals surface area contributed by atoms with Crippen LogP contribution in [0.3, 0.4) is 0 Å². The lowest BCUT2D eigenvalue weighted by atomic mass is 10.2. The topological polar surface area (TPSA) is 86.5 Å². The second-order valence-electron chi connectivity index (χ2n) is 5.69. The summed E-state index contributed by atoms with van der Waals surface area (Å²) in [6.07, 6.45) is 3.10. The van der Waals surface area contributed by atoms with Gasteiger partial charge in [-0.25, -0.2) is 0 Å². The third-order valence-corrected chi connectivity index (χ3v) is 4.29. The third kappa shape index (κ3) is 4.98. The molecule has 0 spiro atoms. The summed E-state index contributed by atoms with van der Waals surface area (Å²) in [5, 5.41) is 6.64. The van der Waals surface area contributed by atoms with Gasteiger partial charge in [-0.2, -0.15) is 4.98 Å². The predicted octanol–water partition coefficient (Wildman–Crippen LogP) is 3.85. The number of nitrogens with one attached hydrogen (secondary N) is 1. The SMILES string of the molecule is COc1ccc(/C=C/C(=O)NCc2nc(-c3cccc(Br)c3)no2)cc1OC. The molecule has 28 heavy (non-hydrogen) atoms. The van der Waals surface area contributed by atoms with Gasteiger partial charge in [0.15, 0.2) is 11.5 Å². The van der Waals surface area contributed by atoms with Crippen molar-refractivity contribution in [1.82, 2.24) is 15.5 Å². The number of halogens is 1. The predicted molar refractivity (Wildman–Crippen MR) is 108 cm³/mol. The van der Waals surface area contributed by atoms with Gasteiger partial charge in [0.2, 0.25) is 17.6 Å². The molecule has 0 bridgehead atoms. The van der Waals surface area contributed by atoms with Crippen LogP contribution in [0.25, 0.3) is 17.5 Å². The Hall–Kier alpha value is -3.13. The minimum atomic E-state index is -0.281. The number of aromatic nitrogens is 2. The van der Waals surface area contributed by atoms with Crippen LogP contribution in [0, 0.1) is 0 Å². The number of hydrogen-bond donors (Lipinski definition) is 1. The number of carbonyl (C=O) groups is 1. The average Bonchev–Trinajstić information content (AvgIpc) is 3.19. The highest BCUT2D eigenvalue weighted by molar-refractivity contribution is 9.10. The molecular formula is C20H18BrN3O4. The Morgan fingerprint density at radius 2 is 2.00 bits per heavy atom. The molecule has 7 nitrogen and oxygen atoms in total. The van der Waals surface area contributed by atoms with Gasteiger partial charge in [-0.05, 0) is 35.9 Å². The zero-order valence-corrected chi connectivity index (χ0v) is 16.9. The molecule has 1 N–H and O–H groups in total. The Morgan fingerprint density at radius 1 is 1.18 bits per heavy atom. The number of carbonyl (C=O) groups excluding carboxylic acids is 1. The molecule has 0 aliphatic carbocycles. The number of ether oxygens (including phenoxy) is 2. The van der Waals surface area contributed by atoms with Gasteiger partial charge >= 0.3 is 0 Å². The fourth-order valence-electron chi connectivity index (χ4n) is 2.42. The number of hydrogen-bond acceptors (Lipinski definition) is 6. The van der Waals surface area contributed by atoms with Crippen LogP contribution in [0.15, 0.2) is 57.5 Å². The fraction of sp³-hybridized carbons (Fsp3) is 0.150. The molecule has 0 fully saturated rings. The molecule has 0 saturated heterocycles. The van der Waals surface area contributed by atoms with Gasteiger partial charge in [0.25, 0.3) is 0 Å². The highest BCUT2D eigenvalue weighted by Gasteiger charge is 2.09. The van der Waals surface area contributed by atoms with Crippen molar-refractivity contribution in [1.29, 1.82) is 0 Å². The molecular weight excluding hydrogens is 426 g/mol. The van der Waals surface area contributed by atoms with Gasteiger partial charge in [-0.3, -0.25) is 4.79 Å². The van der Waals surface area contributed by atoms with Crippen molar-refractivity contribution in [3.05, 3.63) is 64.5 Å². The summed E-state index contributed by atoms with van der Waals surface area (Å²) >= 11 is 3.40. The van der Waals surface area contributed by atoms with Crippen molar-refractivity contribution in [2.24, 2.45) is 0 Å². The van der Waals surface area contributed by atoms with Crippen molar-refractivity contribution in [3.8, 4) is 22.9 Å². The van der Waals surface area contributed by atoms with Crippen LogP contribution in [-0.2, 0) is 11.3 Å². The van der Waals surface area contributed by atoms with Gasteiger partial charge in [0, 0.05) is 16.1 Å². The Morgan fingerprint density at radius 3 is 2.75 bits per heavy atom. The van der Waals surface area contributed by atoms with Crippen molar-refractivity contribution < 1.29 is 18.8 Å². The van der Waals surface area contributed by atoms with Gasteiger partial charge in [0.05, 0.1) is 20.8 Å². The van der Waals surface area contributed by atoms with E-state index in [0.29, 0.717) is 23.2 Å². The van der Waals surface area contributed by atoms with Gasteiger partial charge in [0.1, 0.15) is 0 Å². The number of benzene rings is 2. The number of methoxy groups -OCH3 is 2. The van der Waals surface area contributed by atoms with Crippen LogP contribution in [0.2, 0.25) is 0 Å². The van der Waals surface area contributed by atoms with E-state index in [1.54, 1.807) is 32.4 Å². The van der Waals surface area contributed by atoms with E-state index < -0.39 is 0 Å².